The number of nitrogens with one attached hydrogen (secondary N) is 1. The van der Waals surface area contributed by atoms with Crippen LogP contribution in [0.5, 0.6) is 0 Å². The molecule has 8 heteroatoms. The number of halogens is 1. The van der Waals surface area contributed by atoms with E-state index in [0.29, 0.717) is 31.2 Å². The summed E-state index contributed by atoms with van der Waals surface area (Å²) in [6, 6.07) is 12.8. The third-order valence-electron chi connectivity index (χ3n) is 8.33. The molecule has 7 nitrogen and oxygen atoms in total. The van der Waals surface area contributed by atoms with Gasteiger partial charge in [0, 0.05) is 11.0 Å². The molecule has 0 radical (unpaired) electrons. The molecule has 2 N–H and O–H groups in total. The van der Waals surface area contributed by atoms with Gasteiger partial charge in [-0.15, -0.1) is 0 Å². The van der Waals surface area contributed by atoms with E-state index in [2.05, 4.69) is 23.4 Å². The SMILES string of the molecule is COC(=O)[C@@H](C)NC(=O)c1ccccc1CC[C@]1(O)CCC2=Cc3c(cnn3-c3ccc(F)cc3)C[C@@]21C. The Morgan fingerprint density at radius 2 is 1.95 bits per heavy atom. The van der Waals surface area contributed by atoms with Crippen LogP contribution < -0.4 is 5.32 Å². The van der Waals surface area contributed by atoms with Gasteiger partial charge in [0.05, 0.1) is 30.3 Å². The van der Waals surface area contributed by atoms with Crippen LogP contribution in [0.1, 0.15) is 60.3 Å². The van der Waals surface area contributed by atoms with Crippen molar-refractivity contribution in [2.24, 2.45) is 5.41 Å². The summed E-state index contributed by atoms with van der Waals surface area (Å²) < 4.78 is 20.0. The number of ether oxygens (including phenoxy) is 1. The van der Waals surface area contributed by atoms with Crippen molar-refractivity contribution in [1.29, 1.82) is 0 Å². The molecule has 1 aromatic heterocycles. The highest BCUT2D eigenvalue weighted by molar-refractivity contribution is 5.97. The van der Waals surface area contributed by atoms with Crippen molar-refractivity contribution in [3.8, 4) is 5.69 Å². The van der Waals surface area contributed by atoms with Crippen LogP contribution in [0.25, 0.3) is 11.8 Å². The Bertz CT molecular complexity index is 1410. The Hall–Kier alpha value is -3.78. The van der Waals surface area contributed by atoms with Gasteiger partial charge in [-0.2, -0.15) is 5.10 Å². The molecule has 2 aliphatic rings. The number of aromatic nitrogens is 2. The minimum atomic E-state index is -0.961. The number of carbonyl (C=O) groups is 2. The zero-order valence-corrected chi connectivity index (χ0v) is 21.8. The summed E-state index contributed by atoms with van der Waals surface area (Å²) in [5.74, 6) is -1.15. The molecule has 0 saturated heterocycles. The smallest absolute Gasteiger partial charge is 0.328 e. The highest BCUT2D eigenvalue weighted by Gasteiger charge is 2.54. The van der Waals surface area contributed by atoms with Gasteiger partial charge < -0.3 is 15.2 Å². The third kappa shape index (κ3) is 4.43. The average Bonchev–Trinajstić information content (AvgIpc) is 3.43. The van der Waals surface area contributed by atoms with Crippen LogP contribution in [-0.4, -0.2) is 45.5 Å². The van der Waals surface area contributed by atoms with Gasteiger partial charge in [-0.05, 0) is 86.6 Å². The number of benzene rings is 2. The Morgan fingerprint density at radius 1 is 1.21 bits per heavy atom. The zero-order chi connectivity index (χ0) is 27.1. The van der Waals surface area contributed by atoms with E-state index in [1.54, 1.807) is 31.2 Å². The van der Waals surface area contributed by atoms with Crippen LogP contribution >= 0.6 is 0 Å². The molecule has 1 amide bonds. The van der Waals surface area contributed by atoms with Crippen molar-refractivity contribution in [1.82, 2.24) is 15.1 Å². The van der Waals surface area contributed by atoms with E-state index in [1.165, 1.54) is 24.8 Å². The number of hydrogen-bond donors (Lipinski definition) is 2. The van der Waals surface area contributed by atoms with Crippen molar-refractivity contribution in [2.45, 2.75) is 57.6 Å². The summed E-state index contributed by atoms with van der Waals surface area (Å²) in [6.07, 6.45) is 6.99. The van der Waals surface area contributed by atoms with Gasteiger partial charge in [0.25, 0.3) is 5.91 Å². The first-order chi connectivity index (χ1) is 18.1. The van der Waals surface area contributed by atoms with E-state index in [0.717, 1.165) is 28.9 Å². The van der Waals surface area contributed by atoms with Gasteiger partial charge in [0.2, 0.25) is 0 Å². The molecule has 0 bridgehead atoms. The average molecular weight is 518 g/mol. The van der Waals surface area contributed by atoms with E-state index >= 15 is 0 Å². The maximum Gasteiger partial charge on any atom is 0.328 e. The molecule has 5 rings (SSSR count). The molecule has 198 valence electrons. The largest absolute Gasteiger partial charge is 0.467 e. The summed E-state index contributed by atoms with van der Waals surface area (Å²) >= 11 is 0. The number of methoxy groups -OCH3 is 1. The van der Waals surface area contributed by atoms with E-state index in [1.807, 2.05) is 23.0 Å². The molecule has 1 fully saturated rings. The Balaban J connectivity index is 1.36. The number of nitrogens with zero attached hydrogens (tertiary/aromatic N) is 2. The zero-order valence-electron chi connectivity index (χ0n) is 21.8. The maximum absolute atomic E-state index is 13.4. The van der Waals surface area contributed by atoms with Crippen molar-refractivity contribution < 1.29 is 23.8 Å². The van der Waals surface area contributed by atoms with Gasteiger partial charge >= 0.3 is 5.97 Å². The fourth-order valence-electron chi connectivity index (χ4n) is 5.93. The van der Waals surface area contributed by atoms with Crippen molar-refractivity contribution >= 4 is 18.0 Å². The quantitative estimate of drug-likeness (QED) is 0.453. The predicted molar refractivity (Wildman–Crippen MR) is 141 cm³/mol. The molecule has 0 aliphatic heterocycles. The highest BCUT2D eigenvalue weighted by Crippen LogP contribution is 2.56. The van der Waals surface area contributed by atoms with Crippen LogP contribution in [-0.2, 0) is 22.4 Å². The van der Waals surface area contributed by atoms with Crippen molar-refractivity contribution in [3.63, 3.8) is 0 Å². The van der Waals surface area contributed by atoms with E-state index in [4.69, 9.17) is 4.74 Å². The first-order valence-corrected chi connectivity index (χ1v) is 12.9. The fourth-order valence-corrected chi connectivity index (χ4v) is 5.93. The van der Waals surface area contributed by atoms with Crippen LogP contribution in [0.4, 0.5) is 4.39 Å². The number of esters is 1. The summed E-state index contributed by atoms with van der Waals surface area (Å²) in [5, 5.41) is 19.2. The van der Waals surface area contributed by atoms with Gasteiger partial charge in [-0.1, -0.05) is 30.7 Å². The third-order valence-corrected chi connectivity index (χ3v) is 8.33. The maximum atomic E-state index is 13.4. The lowest BCUT2D eigenvalue weighted by atomic mass is 9.65. The molecule has 3 atom stereocenters. The predicted octanol–water partition coefficient (Wildman–Crippen LogP) is 4.41. The number of rotatable bonds is 7. The molecular weight excluding hydrogens is 485 g/mol. The summed E-state index contributed by atoms with van der Waals surface area (Å²) in [7, 11) is 1.28. The second kappa shape index (κ2) is 9.83. The molecule has 2 aromatic carbocycles. The molecule has 3 aromatic rings. The molecular formula is C30H32FN3O4. The van der Waals surface area contributed by atoms with E-state index in [9.17, 15) is 19.1 Å². The molecule has 0 spiro atoms. The Kier molecular flexibility index (Phi) is 6.69. The lowest BCUT2D eigenvalue weighted by Gasteiger charge is -2.42. The van der Waals surface area contributed by atoms with Gasteiger partial charge in [0.15, 0.2) is 0 Å². The van der Waals surface area contributed by atoms with Crippen molar-refractivity contribution in [2.75, 3.05) is 7.11 Å². The number of carbonyl (C=O) groups excluding carboxylic acids is 2. The van der Waals surface area contributed by atoms with Gasteiger partial charge in [-0.25, -0.2) is 13.9 Å². The summed E-state index contributed by atoms with van der Waals surface area (Å²) in [6.45, 7) is 3.69. The Morgan fingerprint density at radius 3 is 2.68 bits per heavy atom. The second-order valence-electron chi connectivity index (χ2n) is 10.5. The Labute approximate surface area is 221 Å². The standard InChI is InChI=1S/C30H32FN3O4/c1-19(28(36)38-3)33-27(35)25-7-5-4-6-20(25)12-14-30(37)15-13-22-16-26-21(17-29(22,30)2)18-32-34(26)24-10-8-23(31)9-11-24/h4-11,16,18-19,37H,12-15,17H2,1-3H3,(H,33,35)/t19-,29+,30+/m1/s1. The molecule has 2 aliphatic carbocycles. The fraction of sp³-hybridized carbons (Fsp3) is 0.367. The van der Waals surface area contributed by atoms with Crippen LogP contribution in [0, 0.1) is 11.2 Å². The summed E-state index contributed by atoms with van der Waals surface area (Å²) in [4.78, 5) is 24.7. The summed E-state index contributed by atoms with van der Waals surface area (Å²) in [5.41, 5.74) is 3.85. The van der Waals surface area contributed by atoms with E-state index < -0.39 is 23.0 Å². The first kappa shape index (κ1) is 25.9. The first-order valence-electron chi connectivity index (χ1n) is 12.9. The molecule has 0 unspecified atom stereocenters. The van der Waals surface area contributed by atoms with Gasteiger partial charge in [-0.3, -0.25) is 4.79 Å². The van der Waals surface area contributed by atoms with Crippen LogP contribution in [0.15, 0.2) is 60.3 Å². The lowest BCUT2D eigenvalue weighted by Crippen LogP contribution is -2.45. The number of aliphatic hydroxyl groups is 1. The van der Waals surface area contributed by atoms with Crippen LogP contribution in [0.3, 0.4) is 0 Å². The minimum Gasteiger partial charge on any atom is -0.467 e. The van der Waals surface area contributed by atoms with E-state index in [-0.39, 0.29) is 11.7 Å². The lowest BCUT2D eigenvalue weighted by molar-refractivity contribution is -0.142. The molecule has 1 saturated carbocycles. The number of fused-ring (bicyclic) bond motifs is 2. The number of hydrogen-bond acceptors (Lipinski definition) is 5. The molecule has 1 heterocycles. The minimum absolute atomic E-state index is 0.293. The normalized spacial score (nSPS) is 22.7. The monoisotopic (exact) mass is 517 g/mol. The highest BCUT2D eigenvalue weighted by atomic mass is 19.1. The topological polar surface area (TPSA) is 93.4 Å². The number of amides is 1. The van der Waals surface area contributed by atoms with Gasteiger partial charge in [0.1, 0.15) is 11.9 Å². The molecule has 38 heavy (non-hydrogen) atoms. The number of aryl methyl sites for hydroxylation is 1. The van der Waals surface area contributed by atoms with Crippen LogP contribution in [0.2, 0.25) is 0 Å². The second-order valence-corrected chi connectivity index (χ2v) is 10.5. The van der Waals surface area contributed by atoms with Crippen molar-refractivity contribution in [3.05, 3.63) is 88.5 Å².